The second-order valence-electron chi connectivity index (χ2n) is 3.95. The monoisotopic (exact) mass is 208 g/mol. The number of hydrogen-bond donors (Lipinski definition) is 0. The molecule has 0 atom stereocenters. The Bertz CT molecular complexity index is 235. The van der Waals surface area contributed by atoms with Crippen LogP contribution >= 0.6 is 0 Å². The number of carbonyl (C=O) groups is 1. The van der Waals surface area contributed by atoms with Crippen LogP contribution in [-0.4, -0.2) is 12.6 Å². The van der Waals surface area contributed by atoms with Crippen LogP contribution in [-0.2, 0) is 9.53 Å². The molecular weight excluding hydrogens is 188 g/mol. The SMILES string of the molecule is O=C1CCCCCCCC#CCCCO1. The van der Waals surface area contributed by atoms with Gasteiger partial charge in [0, 0.05) is 19.3 Å². The molecule has 0 radical (unpaired) electrons. The van der Waals surface area contributed by atoms with Crippen molar-refractivity contribution in [2.45, 2.75) is 57.8 Å². The molecule has 0 aliphatic carbocycles. The molecule has 2 nitrogen and oxygen atoms in total. The molecule has 0 aromatic rings. The van der Waals surface area contributed by atoms with Crippen molar-refractivity contribution in [3.63, 3.8) is 0 Å². The number of carbonyl (C=O) groups excluding carboxylic acids is 1. The van der Waals surface area contributed by atoms with Crippen LogP contribution in [0.3, 0.4) is 0 Å². The lowest BCUT2D eigenvalue weighted by molar-refractivity contribution is -0.143. The lowest BCUT2D eigenvalue weighted by Gasteiger charge is -2.04. The fourth-order valence-electron chi connectivity index (χ4n) is 1.61. The summed E-state index contributed by atoms with van der Waals surface area (Å²) in [4.78, 5) is 11.2. The fraction of sp³-hybridized carbons (Fsp3) is 0.769. The van der Waals surface area contributed by atoms with E-state index in [2.05, 4.69) is 11.8 Å². The summed E-state index contributed by atoms with van der Waals surface area (Å²) in [5.74, 6) is 6.23. The highest BCUT2D eigenvalue weighted by Crippen LogP contribution is 2.08. The molecule has 0 fully saturated rings. The van der Waals surface area contributed by atoms with E-state index in [0.717, 1.165) is 32.1 Å². The molecule has 0 bridgehead atoms. The molecule has 1 heterocycles. The molecular formula is C13H20O2. The van der Waals surface area contributed by atoms with Gasteiger partial charge in [0.2, 0.25) is 0 Å². The summed E-state index contributed by atoms with van der Waals surface area (Å²) in [5, 5.41) is 0. The quantitative estimate of drug-likeness (QED) is 0.452. The average Bonchev–Trinajstić information content (AvgIpc) is 2.24. The van der Waals surface area contributed by atoms with Crippen LogP contribution < -0.4 is 0 Å². The van der Waals surface area contributed by atoms with Crippen molar-refractivity contribution in [1.82, 2.24) is 0 Å². The number of esters is 1. The summed E-state index contributed by atoms with van der Waals surface area (Å²) in [5.41, 5.74) is 0. The van der Waals surface area contributed by atoms with E-state index in [1.807, 2.05) is 0 Å². The maximum absolute atomic E-state index is 11.2. The molecule has 0 saturated heterocycles. The van der Waals surface area contributed by atoms with Crippen molar-refractivity contribution >= 4 is 5.97 Å². The molecule has 1 aliphatic rings. The molecule has 2 heteroatoms. The minimum absolute atomic E-state index is 0.0416. The van der Waals surface area contributed by atoms with Crippen molar-refractivity contribution < 1.29 is 9.53 Å². The fourth-order valence-corrected chi connectivity index (χ4v) is 1.61. The van der Waals surface area contributed by atoms with Crippen molar-refractivity contribution in [2.75, 3.05) is 6.61 Å². The van der Waals surface area contributed by atoms with Gasteiger partial charge < -0.3 is 4.74 Å². The molecule has 0 N–H and O–H groups in total. The van der Waals surface area contributed by atoms with E-state index in [0.29, 0.717) is 13.0 Å². The van der Waals surface area contributed by atoms with Gasteiger partial charge in [-0.3, -0.25) is 4.79 Å². The largest absolute Gasteiger partial charge is 0.466 e. The zero-order valence-electron chi connectivity index (χ0n) is 9.39. The highest BCUT2D eigenvalue weighted by atomic mass is 16.5. The van der Waals surface area contributed by atoms with Gasteiger partial charge in [0.25, 0.3) is 0 Å². The maximum Gasteiger partial charge on any atom is 0.305 e. The standard InChI is InChI=1S/C13H20O2/c14-13-11-9-7-5-3-1-2-4-6-8-10-12-15-13/h1-3,5,7-12H2. The zero-order valence-corrected chi connectivity index (χ0v) is 9.39. The van der Waals surface area contributed by atoms with E-state index >= 15 is 0 Å². The Kier molecular flexibility index (Phi) is 6.73. The Labute approximate surface area is 92.4 Å². The Morgan fingerprint density at radius 3 is 2.40 bits per heavy atom. The molecule has 1 rings (SSSR count). The smallest absolute Gasteiger partial charge is 0.305 e. The Hall–Kier alpha value is -0.970. The topological polar surface area (TPSA) is 26.3 Å². The van der Waals surface area contributed by atoms with Crippen LogP contribution in [0.2, 0.25) is 0 Å². The first-order valence-electron chi connectivity index (χ1n) is 6.01. The summed E-state index contributed by atoms with van der Waals surface area (Å²) < 4.78 is 5.08. The van der Waals surface area contributed by atoms with Gasteiger partial charge in [-0.2, -0.15) is 0 Å². The molecule has 0 amide bonds. The summed E-state index contributed by atoms with van der Waals surface area (Å²) in [6.07, 6.45) is 9.13. The van der Waals surface area contributed by atoms with Gasteiger partial charge in [-0.15, -0.1) is 11.8 Å². The van der Waals surface area contributed by atoms with Crippen molar-refractivity contribution in [3.8, 4) is 11.8 Å². The van der Waals surface area contributed by atoms with E-state index < -0.39 is 0 Å². The maximum atomic E-state index is 11.2. The van der Waals surface area contributed by atoms with Gasteiger partial charge in [-0.05, 0) is 19.3 Å². The minimum Gasteiger partial charge on any atom is -0.466 e. The van der Waals surface area contributed by atoms with Crippen molar-refractivity contribution in [3.05, 3.63) is 0 Å². The highest BCUT2D eigenvalue weighted by Gasteiger charge is 2.02. The molecule has 0 unspecified atom stereocenters. The van der Waals surface area contributed by atoms with Crippen LogP contribution in [0.4, 0.5) is 0 Å². The van der Waals surface area contributed by atoms with E-state index in [9.17, 15) is 4.79 Å². The van der Waals surface area contributed by atoms with Crippen LogP contribution in [0.15, 0.2) is 0 Å². The lowest BCUT2D eigenvalue weighted by Crippen LogP contribution is -2.05. The Balaban J connectivity index is 2.24. The van der Waals surface area contributed by atoms with Crippen LogP contribution in [0, 0.1) is 11.8 Å². The molecule has 84 valence electrons. The zero-order chi connectivity index (χ0) is 10.8. The first kappa shape index (κ1) is 12.1. The summed E-state index contributed by atoms with van der Waals surface area (Å²) in [6.45, 7) is 0.535. The third kappa shape index (κ3) is 7.02. The minimum atomic E-state index is -0.0416. The van der Waals surface area contributed by atoms with Gasteiger partial charge >= 0.3 is 5.97 Å². The average molecular weight is 208 g/mol. The Morgan fingerprint density at radius 2 is 1.53 bits per heavy atom. The third-order valence-corrected chi connectivity index (χ3v) is 2.52. The van der Waals surface area contributed by atoms with Gasteiger partial charge in [-0.25, -0.2) is 0 Å². The highest BCUT2D eigenvalue weighted by molar-refractivity contribution is 5.69. The van der Waals surface area contributed by atoms with Crippen LogP contribution in [0.1, 0.15) is 57.8 Å². The van der Waals surface area contributed by atoms with Crippen molar-refractivity contribution in [2.24, 2.45) is 0 Å². The molecule has 1 aliphatic heterocycles. The first-order chi connectivity index (χ1) is 7.39. The number of cyclic esters (lactones) is 1. The van der Waals surface area contributed by atoms with E-state index in [1.54, 1.807) is 0 Å². The lowest BCUT2D eigenvalue weighted by atomic mass is 10.1. The van der Waals surface area contributed by atoms with Gasteiger partial charge in [0.05, 0.1) is 6.61 Å². The summed E-state index contributed by atoms with van der Waals surface area (Å²) >= 11 is 0. The van der Waals surface area contributed by atoms with E-state index in [-0.39, 0.29) is 5.97 Å². The number of ether oxygens (including phenoxy) is 1. The number of hydrogen-bond acceptors (Lipinski definition) is 2. The van der Waals surface area contributed by atoms with Gasteiger partial charge in [-0.1, -0.05) is 19.3 Å². The molecule has 0 aromatic heterocycles. The molecule has 0 aromatic carbocycles. The first-order valence-corrected chi connectivity index (χ1v) is 6.01. The normalized spacial score (nSPS) is 20.7. The Morgan fingerprint density at radius 1 is 0.867 bits per heavy atom. The summed E-state index contributed by atoms with van der Waals surface area (Å²) in [6, 6.07) is 0. The second-order valence-corrected chi connectivity index (χ2v) is 3.95. The summed E-state index contributed by atoms with van der Waals surface area (Å²) in [7, 11) is 0. The molecule has 0 saturated carbocycles. The number of rotatable bonds is 0. The van der Waals surface area contributed by atoms with Gasteiger partial charge in [0.1, 0.15) is 0 Å². The second kappa shape index (κ2) is 8.35. The van der Waals surface area contributed by atoms with Gasteiger partial charge in [0.15, 0.2) is 0 Å². The molecule has 15 heavy (non-hydrogen) atoms. The van der Waals surface area contributed by atoms with Crippen LogP contribution in [0.25, 0.3) is 0 Å². The molecule has 0 spiro atoms. The predicted molar refractivity (Wildman–Crippen MR) is 60.3 cm³/mol. The third-order valence-electron chi connectivity index (χ3n) is 2.52. The van der Waals surface area contributed by atoms with E-state index in [1.165, 1.54) is 19.3 Å². The van der Waals surface area contributed by atoms with Crippen LogP contribution in [0.5, 0.6) is 0 Å². The van der Waals surface area contributed by atoms with Crippen molar-refractivity contribution in [1.29, 1.82) is 0 Å². The van der Waals surface area contributed by atoms with E-state index in [4.69, 9.17) is 4.74 Å². The predicted octanol–water partition coefficient (Wildman–Crippen LogP) is 3.06.